The van der Waals surface area contributed by atoms with Gasteiger partial charge in [0.15, 0.2) is 0 Å². The second-order valence-electron chi connectivity index (χ2n) is 5.87. The van der Waals surface area contributed by atoms with E-state index in [4.69, 9.17) is 0 Å². The number of halogens is 2. The molecule has 24 heavy (non-hydrogen) atoms. The smallest absolute Gasteiger partial charge is 0.239 e. The Bertz CT molecular complexity index is 743. The predicted octanol–water partition coefficient (Wildman–Crippen LogP) is 3.25. The van der Waals surface area contributed by atoms with Gasteiger partial charge in [-0.1, -0.05) is 24.3 Å². The maximum Gasteiger partial charge on any atom is 0.239 e. The fraction of sp³-hybridized carbons (Fsp3) is 0.222. The van der Waals surface area contributed by atoms with Gasteiger partial charge in [0.05, 0.1) is 5.69 Å². The van der Waals surface area contributed by atoms with Crippen LogP contribution in [0.1, 0.15) is 19.4 Å². The molecule has 2 aromatic carbocycles. The van der Waals surface area contributed by atoms with E-state index in [1.165, 1.54) is 44.2 Å². The molecule has 0 unspecified atom stereocenters. The highest BCUT2D eigenvalue weighted by Crippen LogP contribution is 2.21. The lowest BCUT2D eigenvalue weighted by atomic mass is 9.90. The molecular weight excluding hydrogens is 314 g/mol. The Morgan fingerprint density at radius 1 is 0.958 bits per heavy atom. The van der Waals surface area contributed by atoms with Crippen molar-refractivity contribution in [3.8, 4) is 0 Å². The van der Waals surface area contributed by atoms with Crippen LogP contribution in [0.5, 0.6) is 0 Å². The summed E-state index contributed by atoms with van der Waals surface area (Å²) >= 11 is 0. The number of anilines is 1. The Hall–Kier alpha value is -2.76. The highest BCUT2D eigenvalue weighted by Gasteiger charge is 2.36. The minimum atomic E-state index is -1.40. The summed E-state index contributed by atoms with van der Waals surface area (Å²) in [6, 6.07) is 11.4. The maximum atomic E-state index is 13.6. The molecule has 0 aromatic heterocycles. The fourth-order valence-electron chi connectivity index (χ4n) is 1.95. The second kappa shape index (κ2) is 7.21. The summed E-state index contributed by atoms with van der Waals surface area (Å²) in [5.41, 5.74) is -0.681. The number of hydrogen-bond donors (Lipinski definition) is 2. The first-order valence-electron chi connectivity index (χ1n) is 7.39. The van der Waals surface area contributed by atoms with E-state index in [1.807, 2.05) is 0 Å². The van der Waals surface area contributed by atoms with Crippen molar-refractivity contribution in [3.05, 3.63) is 65.7 Å². The number of hydrogen-bond acceptors (Lipinski definition) is 2. The van der Waals surface area contributed by atoms with E-state index in [0.717, 1.165) is 0 Å². The third kappa shape index (κ3) is 4.16. The van der Waals surface area contributed by atoms with Crippen LogP contribution in [0, 0.1) is 17.0 Å². The van der Waals surface area contributed by atoms with E-state index in [2.05, 4.69) is 10.6 Å². The molecule has 0 saturated carbocycles. The van der Waals surface area contributed by atoms with Crippen molar-refractivity contribution >= 4 is 17.5 Å². The third-order valence-electron chi connectivity index (χ3n) is 3.62. The number of benzene rings is 2. The molecule has 0 heterocycles. The number of para-hydroxylation sites is 1. The molecule has 0 spiro atoms. The SMILES string of the molecule is CC(C)(C(=O)NCc1ccc(F)cc1)C(=O)Nc1ccccc1F. The summed E-state index contributed by atoms with van der Waals surface area (Å²) in [6.07, 6.45) is 0. The lowest BCUT2D eigenvalue weighted by Gasteiger charge is -2.23. The average molecular weight is 332 g/mol. The van der Waals surface area contributed by atoms with Crippen molar-refractivity contribution < 1.29 is 18.4 Å². The quantitative estimate of drug-likeness (QED) is 0.826. The molecule has 4 nitrogen and oxygen atoms in total. The zero-order valence-corrected chi connectivity index (χ0v) is 13.4. The third-order valence-corrected chi connectivity index (χ3v) is 3.62. The molecule has 0 saturated heterocycles. The monoisotopic (exact) mass is 332 g/mol. The molecule has 0 aliphatic heterocycles. The van der Waals surface area contributed by atoms with Crippen LogP contribution in [0.3, 0.4) is 0 Å². The van der Waals surface area contributed by atoms with E-state index >= 15 is 0 Å². The van der Waals surface area contributed by atoms with E-state index < -0.39 is 23.0 Å². The standard InChI is InChI=1S/C18H18F2N2O2/c1-18(2,17(24)22-15-6-4-3-5-14(15)20)16(23)21-11-12-7-9-13(19)10-8-12/h3-10H,11H2,1-2H3,(H,21,23)(H,22,24). The Morgan fingerprint density at radius 2 is 1.58 bits per heavy atom. The molecule has 0 bridgehead atoms. The van der Waals surface area contributed by atoms with Gasteiger partial charge in [0, 0.05) is 6.54 Å². The summed E-state index contributed by atoms with van der Waals surface area (Å²) in [4.78, 5) is 24.6. The van der Waals surface area contributed by atoms with Gasteiger partial charge >= 0.3 is 0 Å². The summed E-state index contributed by atoms with van der Waals surface area (Å²) in [6.45, 7) is 3.06. The summed E-state index contributed by atoms with van der Waals surface area (Å²) in [7, 11) is 0. The van der Waals surface area contributed by atoms with Crippen LogP contribution in [0.15, 0.2) is 48.5 Å². The van der Waals surface area contributed by atoms with Crippen molar-refractivity contribution in [1.29, 1.82) is 0 Å². The number of carbonyl (C=O) groups excluding carboxylic acids is 2. The summed E-state index contributed by atoms with van der Waals surface area (Å²) in [5, 5.41) is 5.04. The second-order valence-corrected chi connectivity index (χ2v) is 5.87. The zero-order chi connectivity index (χ0) is 17.7. The number of rotatable bonds is 5. The van der Waals surface area contributed by atoms with Crippen molar-refractivity contribution in [1.82, 2.24) is 5.32 Å². The first kappa shape index (κ1) is 17.6. The topological polar surface area (TPSA) is 58.2 Å². The molecule has 0 radical (unpaired) electrons. The minimum absolute atomic E-state index is 0.0157. The molecule has 2 amide bonds. The summed E-state index contributed by atoms with van der Waals surface area (Å²) in [5.74, 6) is -2.08. The molecule has 0 atom stereocenters. The Balaban J connectivity index is 1.99. The molecule has 2 N–H and O–H groups in total. The van der Waals surface area contributed by atoms with Gasteiger partial charge in [-0.15, -0.1) is 0 Å². The molecule has 0 aliphatic rings. The van der Waals surface area contributed by atoms with Crippen LogP contribution in [-0.2, 0) is 16.1 Å². The van der Waals surface area contributed by atoms with Gasteiger partial charge in [0.25, 0.3) is 0 Å². The molecule has 0 fully saturated rings. The lowest BCUT2D eigenvalue weighted by molar-refractivity contribution is -0.138. The van der Waals surface area contributed by atoms with Crippen LogP contribution in [0.25, 0.3) is 0 Å². The van der Waals surface area contributed by atoms with Gasteiger partial charge in [-0.3, -0.25) is 9.59 Å². The van der Waals surface area contributed by atoms with Crippen molar-refractivity contribution in [2.24, 2.45) is 5.41 Å². The Morgan fingerprint density at radius 3 is 2.21 bits per heavy atom. The molecule has 2 aromatic rings. The Kier molecular flexibility index (Phi) is 5.28. The maximum absolute atomic E-state index is 13.6. The first-order chi connectivity index (χ1) is 11.3. The average Bonchev–Trinajstić information content (AvgIpc) is 2.56. The van der Waals surface area contributed by atoms with Crippen molar-refractivity contribution in [3.63, 3.8) is 0 Å². The van der Waals surface area contributed by atoms with Crippen LogP contribution < -0.4 is 10.6 Å². The predicted molar refractivity (Wildman–Crippen MR) is 87.1 cm³/mol. The van der Waals surface area contributed by atoms with Crippen LogP contribution in [0.4, 0.5) is 14.5 Å². The van der Waals surface area contributed by atoms with E-state index in [-0.39, 0.29) is 18.0 Å². The molecule has 126 valence electrons. The van der Waals surface area contributed by atoms with Crippen LogP contribution in [0.2, 0.25) is 0 Å². The van der Waals surface area contributed by atoms with Crippen LogP contribution in [-0.4, -0.2) is 11.8 Å². The van der Waals surface area contributed by atoms with Gasteiger partial charge in [-0.2, -0.15) is 0 Å². The molecule has 0 aliphatic carbocycles. The normalized spacial score (nSPS) is 11.0. The van der Waals surface area contributed by atoms with Gasteiger partial charge in [0.1, 0.15) is 17.0 Å². The highest BCUT2D eigenvalue weighted by molar-refractivity contribution is 6.09. The summed E-state index contributed by atoms with van der Waals surface area (Å²) < 4.78 is 26.4. The van der Waals surface area contributed by atoms with E-state index in [1.54, 1.807) is 18.2 Å². The minimum Gasteiger partial charge on any atom is -0.351 e. The zero-order valence-electron chi connectivity index (χ0n) is 13.4. The van der Waals surface area contributed by atoms with Crippen molar-refractivity contribution in [2.45, 2.75) is 20.4 Å². The molecular formula is C18H18F2N2O2. The van der Waals surface area contributed by atoms with Crippen molar-refractivity contribution in [2.75, 3.05) is 5.32 Å². The Labute approximate surface area is 138 Å². The van der Waals surface area contributed by atoms with Gasteiger partial charge in [-0.05, 0) is 43.7 Å². The van der Waals surface area contributed by atoms with Gasteiger partial charge in [-0.25, -0.2) is 8.78 Å². The lowest BCUT2D eigenvalue weighted by Crippen LogP contribution is -2.45. The van der Waals surface area contributed by atoms with Crippen LogP contribution >= 0.6 is 0 Å². The highest BCUT2D eigenvalue weighted by atomic mass is 19.1. The largest absolute Gasteiger partial charge is 0.351 e. The first-order valence-corrected chi connectivity index (χ1v) is 7.39. The van der Waals surface area contributed by atoms with Gasteiger partial charge < -0.3 is 10.6 Å². The molecule has 2 rings (SSSR count). The number of carbonyl (C=O) groups is 2. The van der Waals surface area contributed by atoms with E-state index in [9.17, 15) is 18.4 Å². The number of nitrogens with one attached hydrogen (secondary N) is 2. The fourth-order valence-corrected chi connectivity index (χ4v) is 1.95. The molecule has 6 heteroatoms. The van der Waals surface area contributed by atoms with E-state index in [0.29, 0.717) is 5.56 Å². The van der Waals surface area contributed by atoms with Gasteiger partial charge in [0.2, 0.25) is 11.8 Å². The number of amides is 2.